The van der Waals surface area contributed by atoms with Crippen molar-refractivity contribution in [3.8, 4) is 0 Å². The predicted molar refractivity (Wildman–Crippen MR) is 83.0 cm³/mol. The van der Waals surface area contributed by atoms with Crippen LogP contribution in [0.2, 0.25) is 0 Å². The minimum atomic E-state index is -0.470. The summed E-state index contributed by atoms with van der Waals surface area (Å²) in [5, 5.41) is 0. The Morgan fingerprint density at radius 1 is 0.818 bits per heavy atom. The minimum Gasteiger partial charge on any atom is -0.282 e. The molecule has 0 bridgehead atoms. The van der Waals surface area contributed by atoms with E-state index in [1.807, 2.05) is 67.6 Å². The fourth-order valence-electron chi connectivity index (χ4n) is 4.13. The zero-order valence-corrected chi connectivity index (χ0v) is 12.4. The van der Waals surface area contributed by atoms with Crippen molar-refractivity contribution in [1.82, 2.24) is 4.90 Å². The Morgan fingerprint density at radius 3 is 1.59 bits per heavy atom. The standard InChI is InChI=1S/C19H17NO2/c1-2-20-17(21)15-16(18(20)22)19(15,13-9-5-3-6-10-13)14-11-7-4-8-12-14/h3-12,15-16H,2H2,1H3. The van der Waals surface area contributed by atoms with E-state index in [1.165, 1.54) is 4.90 Å². The second-order valence-electron chi connectivity index (χ2n) is 5.98. The van der Waals surface area contributed by atoms with Crippen molar-refractivity contribution < 1.29 is 9.59 Å². The number of likely N-dealkylation sites (tertiary alicyclic amines) is 1. The molecule has 1 heterocycles. The lowest BCUT2D eigenvalue weighted by molar-refractivity contribution is -0.141. The molecule has 2 aromatic rings. The summed E-state index contributed by atoms with van der Waals surface area (Å²) in [5.74, 6) is -0.537. The molecule has 22 heavy (non-hydrogen) atoms. The maximum absolute atomic E-state index is 12.7. The van der Waals surface area contributed by atoms with Crippen molar-refractivity contribution in [2.45, 2.75) is 12.3 Å². The Bertz CT molecular complexity index is 675. The zero-order chi connectivity index (χ0) is 15.3. The van der Waals surface area contributed by atoms with Gasteiger partial charge in [-0.15, -0.1) is 0 Å². The first kappa shape index (κ1) is 13.3. The lowest BCUT2D eigenvalue weighted by Gasteiger charge is -2.25. The number of fused-ring (bicyclic) bond motifs is 1. The lowest BCUT2D eigenvalue weighted by Crippen LogP contribution is -2.39. The topological polar surface area (TPSA) is 37.4 Å². The maximum Gasteiger partial charge on any atom is 0.234 e. The smallest absolute Gasteiger partial charge is 0.234 e. The van der Waals surface area contributed by atoms with Gasteiger partial charge < -0.3 is 0 Å². The minimum absolute atomic E-state index is 0.0230. The van der Waals surface area contributed by atoms with E-state index in [4.69, 9.17) is 0 Å². The molecule has 2 amide bonds. The van der Waals surface area contributed by atoms with Gasteiger partial charge in [-0.05, 0) is 18.1 Å². The third-order valence-corrected chi connectivity index (χ3v) is 5.09. The van der Waals surface area contributed by atoms with Crippen LogP contribution in [0.15, 0.2) is 60.7 Å². The van der Waals surface area contributed by atoms with Crippen LogP contribution in [0.5, 0.6) is 0 Å². The number of benzene rings is 2. The number of carbonyl (C=O) groups is 2. The molecule has 0 aromatic heterocycles. The summed E-state index contributed by atoms with van der Waals surface area (Å²) < 4.78 is 0. The Kier molecular flexibility index (Phi) is 2.73. The molecule has 3 heteroatoms. The first-order chi connectivity index (χ1) is 10.7. The molecule has 4 rings (SSSR count). The van der Waals surface area contributed by atoms with Crippen LogP contribution in [0.1, 0.15) is 18.1 Å². The van der Waals surface area contributed by atoms with Crippen molar-refractivity contribution in [1.29, 1.82) is 0 Å². The van der Waals surface area contributed by atoms with E-state index in [-0.39, 0.29) is 23.7 Å². The number of nitrogens with zero attached hydrogens (tertiary/aromatic N) is 1. The molecule has 2 unspecified atom stereocenters. The maximum atomic E-state index is 12.7. The number of amides is 2. The number of hydrogen-bond donors (Lipinski definition) is 0. The Balaban J connectivity index is 1.89. The Labute approximate surface area is 129 Å². The first-order valence-electron chi connectivity index (χ1n) is 7.69. The summed E-state index contributed by atoms with van der Waals surface area (Å²) in [6, 6.07) is 19.9. The third-order valence-electron chi connectivity index (χ3n) is 5.09. The van der Waals surface area contributed by atoms with Crippen molar-refractivity contribution in [3.63, 3.8) is 0 Å². The summed E-state index contributed by atoms with van der Waals surface area (Å²) in [6.07, 6.45) is 0. The summed E-state index contributed by atoms with van der Waals surface area (Å²) in [4.78, 5) is 26.7. The van der Waals surface area contributed by atoms with Crippen LogP contribution in [-0.2, 0) is 15.0 Å². The van der Waals surface area contributed by atoms with Crippen LogP contribution >= 0.6 is 0 Å². The SMILES string of the molecule is CCN1C(=O)C2C(C1=O)C2(c1ccccc1)c1ccccc1. The summed E-state index contributed by atoms with van der Waals surface area (Å²) in [7, 11) is 0. The summed E-state index contributed by atoms with van der Waals surface area (Å²) in [6.45, 7) is 2.32. The molecule has 110 valence electrons. The van der Waals surface area contributed by atoms with Crippen molar-refractivity contribution in [2.24, 2.45) is 11.8 Å². The molecule has 2 aliphatic rings. The lowest BCUT2D eigenvalue weighted by atomic mass is 9.83. The Hall–Kier alpha value is -2.42. The fraction of sp³-hybridized carbons (Fsp3) is 0.263. The average molecular weight is 291 g/mol. The largest absolute Gasteiger partial charge is 0.282 e. The van der Waals surface area contributed by atoms with Gasteiger partial charge in [0, 0.05) is 12.0 Å². The Morgan fingerprint density at radius 2 is 1.23 bits per heavy atom. The highest BCUT2D eigenvalue weighted by atomic mass is 16.2. The highest BCUT2D eigenvalue weighted by molar-refractivity contribution is 6.12. The van der Waals surface area contributed by atoms with Crippen LogP contribution in [0.3, 0.4) is 0 Å². The molecule has 0 radical (unpaired) electrons. The van der Waals surface area contributed by atoms with Gasteiger partial charge in [-0.2, -0.15) is 0 Å². The van der Waals surface area contributed by atoms with Crippen LogP contribution in [0.4, 0.5) is 0 Å². The highest BCUT2D eigenvalue weighted by Gasteiger charge is 2.78. The van der Waals surface area contributed by atoms with Crippen LogP contribution < -0.4 is 0 Å². The van der Waals surface area contributed by atoms with Gasteiger partial charge >= 0.3 is 0 Å². The molecule has 2 fully saturated rings. The molecule has 1 saturated carbocycles. The van der Waals surface area contributed by atoms with E-state index in [2.05, 4.69) is 0 Å². The van der Waals surface area contributed by atoms with Gasteiger partial charge in [-0.25, -0.2) is 0 Å². The molecule has 1 aliphatic carbocycles. The number of piperidine rings is 1. The molecule has 1 saturated heterocycles. The summed E-state index contributed by atoms with van der Waals surface area (Å²) in [5.41, 5.74) is 1.66. The van der Waals surface area contributed by atoms with Crippen LogP contribution in [-0.4, -0.2) is 23.3 Å². The first-order valence-corrected chi connectivity index (χ1v) is 7.69. The average Bonchev–Trinajstić information content (AvgIpc) is 3.21. The van der Waals surface area contributed by atoms with Gasteiger partial charge in [0.2, 0.25) is 11.8 Å². The molecule has 1 aliphatic heterocycles. The number of imide groups is 1. The van der Waals surface area contributed by atoms with Gasteiger partial charge in [0.05, 0.1) is 11.8 Å². The number of hydrogen-bond acceptors (Lipinski definition) is 2. The van der Waals surface area contributed by atoms with Gasteiger partial charge in [0.15, 0.2) is 0 Å². The molecule has 3 nitrogen and oxygen atoms in total. The normalized spacial score (nSPS) is 25.2. The highest BCUT2D eigenvalue weighted by Crippen LogP contribution is 2.67. The van der Waals surface area contributed by atoms with Crippen LogP contribution in [0, 0.1) is 11.8 Å². The third kappa shape index (κ3) is 1.46. The molecular weight excluding hydrogens is 274 g/mol. The van der Waals surface area contributed by atoms with Crippen molar-refractivity contribution in [2.75, 3.05) is 6.54 Å². The van der Waals surface area contributed by atoms with E-state index >= 15 is 0 Å². The van der Waals surface area contributed by atoms with Crippen molar-refractivity contribution in [3.05, 3.63) is 71.8 Å². The number of rotatable bonds is 3. The van der Waals surface area contributed by atoms with E-state index in [1.54, 1.807) is 0 Å². The zero-order valence-electron chi connectivity index (χ0n) is 12.4. The molecule has 2 atom stereocenters. The molecule has 2 aromatic carbocycles. The van der Waals surface area contributed by atoms with Gasteiger partial charge in [0.25, 0.3) is 0 Å². The van der Waals surface area contributed by atoms with Gasteiger partial charge in [0.1, 0.15) is 0 Å². The van der Waals surface area contributed by atoms with E-state index in [0.717, 1.165) is 11.1 Å². The van der Waals surface area contributed by atoms with E-state index in [0.29, 0.717) is 6.54 Å². The second-order valence-corrected chi connectivity index (χ2v) is 5.98. The second kappa shape index (κ2) is 4.54. The van der Waals surface area contributed by atoms with E-state index in [9.17, 15) is 9.59 Å². The molecule has 0 N–H and O–H groups in total. The summed E-state index contributed by atoms with van der Waals surface area (Å²) >= 11 is 0. The van der Waals surface area contributed by atoms with Gasteiger partial charge in [-0.1, -0.05) is 60.7 Å². The van der Waals surface area contributed by atoms with Crippen LogP contribution in [0.25, 0.3) is 0 Å². The fourth-order valence-corrected chi connectivity index (χ4v) is 4.13. The molecule has 0 spiro atoms. The quantitative estimate of drug-likeness (QED) is 0.815. The monoisotopic (exact) mass is 291 g/mol. The van der Waals surface area contributed by atoms with Crippen molar-refractivity contribution >= 4 is 11.8 Å². The molecular formula is C19H17NO2. The van der Waals surface area contributed by atoms with Gasteiger partial charge in [-0.3, -0.25) is 14.5 Å². The predicted octanol–water partition coefficient (Wildman–Crippen LogP) is 2.61. The number of carbonyl (C=O) groups excluding carboxylic acids is 2. The van der Waals surface area contributed by atoms with E-state index < -0.39 is 5.41 Å².